The molecule has 13 heavy (non-hydrogen) atoms. The highest BCUT2D eigenvalue weighted by molar-refractivity contribution is 5.67. The number of nitrogens with zero attached hydrogens (tertiary/aromatic N) is 1. The van der Waals surface area contributed by atoms with E-state index < -0.39 is 6.09 Å². The average Bonchev–Trinajstić information content (AvgIpc) is 2.12. The first-order valence-electron chi connectivity index (χ1n) is 4.27. The molecule has 0 fully saturated rings. The quantitative estimate of drug-likeness (QED) is 0.646. The molecule has 0 saturated heterocycles. The van der Waals surface area contributed by atoms with Gasteiger partial charge in [-0.15, -0.1) is 0 Å². The third-order valence-corrected chi connectivity index (χ3v) is 1.46. The maximum absolute atomic E-state index is 11.2. The molecular weight excluding hydrogens is 174 g/mol. The molecule has 0 atom stereocenters. The number of rotatable bonds is 6. The molecule has 0 heterocycles. The normalized spacial score (nSPS) is 9.77. The SMILES string of the molecule is CCOC(=O)N(CCO)CCOC. The van der Waals surface area contributed by atoms with Crippen molar-refractivity contribution >= 4 is 6.09 Å². The minimum atomic E-state index is -0.409. The molecular formula is C8H17NO4. The Balaban J connectivity index is 3.83. The Bertz CT molecular complexity index is 140. The molecule has 0 aromatic carbocycles. The van der Waals surface area contributed by atoms with Gasteiger partial charge in [-0.3, -0.25) is 0 Å². The van der Waals surface area contributed by atoms with E-state index in [4.69, 9.17) is 14.6 Å². The number of aliphatic hydroxyl groups excluding tert-OH is 1. The molecule has 0 aromatic rings. The monoisotopic (exact) mass is 191 g/mol. The molecule has 0 aliphatic carbocycles. The van der Waals surface area contributed by atoms with E-state index in [-0.39, 0.29) is 13.2 Å². The van der Waals surface area contributed by atoms with Gasteiger partial charge in [-0.2, -0.15) is 0 Å². The largest absolute Gasteiger partial charge is 0.450 e. The van der Waals surface area contributed by atoms with E-state index in [9.17, 15) is 4.79 Å². The molecule has 5 nitrogen and oxygen atoms in total. The molecule has 5 heteroatoms. The first-order chi connectivity index (χ1) is 6.26. The van der Waals surface area contributed by atoms with Crippen LogP contribution in [-0.2, 0) is 9.47 Å². The van der Waals surface area contributed by atoms with Crippen molar-refractivity contribution in [2.24, 2.45) is 0 Å². The summed E-state index contributed by atoms with van der Waals surface area (Å²) in [6.07, 6.45) is -0.409. The summed E-state index contributed by atoms with van der Waals surface area (Å²) >= 11 is 0. The van der Waals surface area contributed by atoms with Gasteiger partial charge in [0.25, 0.3) is 0 Å². The van der Waals surface area contributed by atoms with Crippen molar-refractivity contribution < 1.29 is 19.4 Å². The zero-order valence-electron chi connectivity index (χ0n) is 8.15. The lowest BCUT2D eigenvalue weighted by Crippen LogP contribution is -2.36. The van der Waals surface area contributed by atoms with E-state index in [1.165, 1.54) is 4.90 Å². The standard InChI is InChI=1S/C8H17NO4/c1-3-13-8(11)9(4-6-10)5-7-12-2/h10H,3-7H2,1-2H3. The van der Waals surface area contributed by atoms with E-state index in [0.29, 0.717) is 19.8 Å². The molecule has 0 unspecified atom stereocenters. The van der Waals surface area contributed by atoms with Gasteiger partial charge in [0.2, 0.25) is 0 Å². The molecule has 0 aliphatic heterocycles. The molecule has 0 bridgehead atoms. The fourth-order valence-electron chi connectivity index (χ4n) is 0.831. The van der Waals surface area contributed by atoms with Crippen molar-refractivity contribution in [2.75, 3.05) is 40.0 Å². The van der Waals surface area contributed by atoms with Gasteiger partial charge in [-0.25, -0.2) is 4.79 Å². The van der Waals surface area contributed by atoms with Crippen LogP contribution in [0.5, 0.6) is 0 Å². The first kappa shape index (κ1) is 12.2. The maximum Gasteiger partial charge on any atom is 0.409 e. The summed E-state index contributed by atoms with van der Waals surface area (Å²) in [5.74, 6) is 0. The van der Waals surface area contributed by atoms with Crippen LogP contribution in [0.4, 0.5) is 4.79 Å². The van der Waals surface area contributed by atoms with Crippen molar-refractivity contribution in [3.05, 3.63) is 0 Å². The third kappa shape index (κ3) is 5.43. The molecule has 78 valence electrons. The van der Waals surface area contributed by atoms with Gasteiger partial charge in [0, 0.05) is 20.2 Å². The molecule has 0 aliphatic rings. The van der Waals surface area contributed by atoms with Crippen molar-refractivity contribution in [2.45, 2.75) is 6.92 Å². The first-order valence-corrected chi connectivity index (χ1v) is 4.27. The summed E-state index contributed by atoms with van der Waals surface area (Å²) in [5, 5.41) is 8.66. The number of hydrogen-bond acceptors (Lipinski definition) is 4. The average molecular weight is 191 g/mol. The van der Waals surface area contributed by atoms with Gasteiger partial charge in [-0.1, -0.05) is 0 Å². The van der Waals surface area contributed by atoms with Crippen LogP contribution in [0.1, 0.15) is 6.92 Å². The highest BCUT2D eigenvalue weighted by Crippen LogP contribution is 1.93. The lowest BCUT2D eigenvalue weighted by atomic mass is 10.5. The van der Waals surface area contributed by atoms with Gasteiger partial charge in [0.15, 0.2) is 0 Å². The number of carbonyl (C=O) groups excluding carboxylic acids is 1. The Morgan fingerprint density at radius 3 is 2.62 bits per heavy atom. The second-order valence-corrected chi connectivity index (χ2v) is 2.40. The number of amides is 1. The third-order valence-electron chi connectivity index (χ3n) is 1.46. The molecule has 1 amide bonds. The summed E-state index contributed by atoms with van der Waals surface area (Å²) in [7, 11) is 1.56. The molecule has 1 N–H and O–H groups in total. The zero-order chi connectivity index (χ0) is 10.1. The molecule has 0 saturated carbocycles. The fourth-order valence-corrected chi connectivity index (χ4v) is 0.831. The van der Waals surface area contributed by atoms with Crippen molar-refractivity contribution in [1.82, 2.24) is 4.90 Å². The van der Waals surface area contributed by atoms with Crippen molar-refractivity contribution in [1.29, 1.82) is 0 Å². The Hall–Kier alpha value is -0.810. The second kappa shape index (κ2) is 7.82. The second-order valence-electron chi connectivity index (χ2n) is 2.40. The Kier molecular flexibility index (Phi) is 7.33. The van der Waals surface area contributed by atoms with Crippen LogP contribution in [0, 0.1) is 0 Å². The number of aliphatic hydroxyl groups is 1. The zero-order valence-corrected chi connectivity index (χ0v) is 8.15. The minimum Gasteiger partial charge on any atom is -0.450 e. The molecule has 0 spiro atoms. The van der Waals surface area contributed by atoms with E-state index in [0.717, 1.165) is 0 Å². The fraction of sp³-hybridized carbons (Fsp3) is 0.875. The molecule has 0 radical (unpaired) electrons. The number of ether oxygens (including phenoxy) is 2. The minimum absolute atomic E-state index is 0.0669. The van der Waals surface area contributed by atoms with E-state index in [1.54, 1.807) is 14.0 Å². The molecule has 0 rings (SSSR count). The van der Waals surface area contributed by atoms with Crippen LogP contribution in [0.2, 0.25) is 0 Å². The summed E-state index contributed by atoms with van der Waals surface area (Å²) in [6.45, 7) is 3.18. The smallest absolute Gasteiger partial charge is 0.409 e. The summed E-state index contributed by atoms with van der Waals surface area (Å²) in [6, 6.07) is 0. The number of hydrogen-bond donors (Lipinski definition) is 1. The van der Waals surface area contributed by atoms with Gasteiger partial charge >= 0.3 is 6.09 Å². The van der Waals surface area contributed by atoms with Crippen LogP contribution in [0.25, 0.3) is 0 Å². The summed E-state index contributed by atoms with van der Waals surface area (Å²) in [4.78, 5) is 12.6. The molecule has 0 aromatic heterocycles. The van der Waals surface area contributed by atoms with Crippen LogP contribution in [0.15, 0.2) is 0 Å². The number of carbonyl (C=O) groups is 1. The van der Waals surface area contributed by atoms with Crippen LogP contribution < -0.4 is 0 Å². The Morgan fingerprint density at radius 2 is 2.15 bits per heavy atom. The van der Waals surface area contributed by atoms with Crippen molar-refractivity contribution in [3.8, 4) is 0 Å². The predicted octanol–water partition coefficient (Wildman–Crippen LogP) is 0.0836. The van der Waals surface area contributed by atoms with Crippen LogP contribution in [0.3, 0.4) is 0 Å². The van der Waals surface area contributed by atoms with Crippen molar-refractivity contribution in [3.63, 3.8) is 0 Å². The van der Waals surface area contributed by atoms with E-state index in [1.807, 2.05) is 0 Å². The summed E-state index contributed by atoms with van der Waals surface area (Å²) < 4.78 is 9.59. The van der Waals surface area contributed by atoms with Crippen LogP contribution in [-0.4, -0.2) is 56.1 Å². The van der Waals surface area contributed by atoms with E-state index in [2.05, 4.69) is 0 Å². The Labute approximate surface area is 78.2 Å². The van der Waals surface area contributed by atoms with Gasteiger partial charge in [0.05, 0.1) is 19.8 Å². The van der Waals surface area contributed by atoms with Gasteiger partial charge in [-0.05, 0) is 6.92 Å². The topological polar surface area (TPSA) is 59.0 Å². The Morgan fingerprint density at radius 1 is 1.46 bits per heavy atom. The lowest BCUT2D eigenvalue weighted by Gasteiger charge is -2.19. The highest BCUT2D eigenvalue weighted by Gasteiger charge is 2.12. The summed E-state index contributed by atoms with van der Waals surface area (Å²) in [5.41, 5.74) is 0. The van der Waals surface area contributed by atoms with Crippen LogP contribution >= 0.6 is 0 Å². The van der Waals surface area contributed by atoms with Gasteiger partial charge < -0.3 is 19.5 Å². The van der Waals surface area contributed by atoms with Gasteiger partial charge in [0.1, 0.15) is 0 Å². The number of methoxy groups -OCH3 is 1. The van der Waals surface area contributed by atoms with E-state index >= 15 is 0 Å². The highest BCUT2D eigenvalue weighted by atomic mass is 16.6. The predicted molar refractivity (Wildman–Crippen MR) is 47.6 cm³/mol. The lowest BCUT2D eigenvalue weighted by molar-refractivity contribution is 0.0828. The maximum atomic E-state index is 11.2.